The van der Waals surface area contributed by atoms with Crippen LogP contribution in [0.3, 0.4) is 0 Å². The Morgan fingerprint density at radius 3 is 2.67 bits per heavy atom. The zero-order valence-corrected chi connectivity index (χ0v) is 10.7. The molecule has 3 heteroatoms. The highest BCUT2D eigenvalue weighted by Crippen LogP contribution is 2.35. The lowest BCUT2D eigenvalue weighted by atomic mass is 9.99. The van der Waals surface area contributed by atoms with Crippen LogP contribution in [-0.4, -0.2) is 17.8 Å². The molecule has 0 spiro atoms. The quantitative estimate of drug-likeness (QED) is 0.689. The Morgan fingerprint density at radius 2 is 2.07 bits per heavy atom. The van der Waals surface area contributed by atoms with Crippen LogP contribution in [0.2, 0.25) is 0 Å². The Labute approximate surface area is 96.5 Å². The Hall–Kier alpha value is -0.440. The van der Waals surface area contributed by atoms with E-state index in [1.165, 1.54) is 11.3 Å². The predicted molar refractivity (Wildman–Crippen MR) is 64.9 cm³/mol. The summed E-state index contributed by atoms with van der Waals surface area (Å²) in [5, 5.41) is 0.544. The highest BCUT2D eigenvalue weighted by molar-refractivity contribution is 8.03. The van der Waals surface area contributed by atoms with Crippen molar-refractivity contribution in [3.05, 3.63) is 10.5 Å². The molecule has 0 saturated carbocycles. The molecule has 0 heterocycles. The SMILES string of the molecule is CCOC(=O)C1=C(SC(C)C)CCCC1. The maximum Gasteiger partial charge on any atom is 0.334 e. The molecule has 0 unspecified atom stereocenters. The third-order valence-corrected chi connectivity index (χ3v) is 3.52. The van der Waals surface area contributed by atoms with E-state index in [9.17, 15) is 4.79 Å². The van der Waals surface area contributed by atoms with Crippen LogP contribution in [0, 0.1) is 0 Å². The molecule has 0 aromatic heterocycles. The first kappa shape index (κ1) is 12.6. The van der Waals surface area contributed by atoms with Gasteiger partial charge in [-0.25, -0.2) is 4.79 Å². The van der Waals surface area contributed by atoms with E-state index in [-0.39, 0.29) is 5.97 Å². The second-order valence-corrected chi connectivity index (χ2v) is 5.67. The van der Waals surface area contributed by atoms with Gasteiger partial charge in [0.2, 0.25) is 0 Å². The molecule has 1 aliphatic carbocycles. The minimum absolute atomic E-state index is 0.0969. The van der Waals surface area contributed by atoms with Gasteiger partial charge in [-0.15, -0.1) is 11.8 Å². The summed E-state index contributed by atoms with van der Waals surface area (Å²) >= 11 is 1.82. The maximum atomic E-state index is 11.7. The van der Waals surface area contributed by atoms with E-state index in [2.05, 4.69) is 13.8 Å². The van der Waals surface area contributed by atoms with Gasteiger partial charge in [0.05, 0.1) is 6.61 Å². The van der Waals surface area contributed by atoms with Crippen LogP contribution in [-0.2, 0) is 9.53 Å². The Balaban J connectivity index is 2.75. The fourth-order valence-electron chi connectivity index (χ4n) is 1.73. The Bertz CT molecular complexity index is 256. The second-order valence-electron chi connectivity index (χ2n) is 4.00. The average molecular weight is 228 g/mol. The summed E-state index contributed by atoms with van der Waals surface area (Å²) in [6.07, 6.45) is 4.28. The average Bonchev–Trinajstić information content (AvgIpc) is 2.18. The summed E-state index contributed by atoms with van der Waals surface area (Å²) in [5.41, 5.74) is 0.932. The molecule has 0 amide bonds. The second kappa shape index (κ2) is 6.21. The maximum absolute atomic E-state index is 11.7. The van der Waals surface area contributed by atoms with E-state index in [1.807, 2.05) is 18.7 Å². The largest absolute Gasteiger partial charge is 0.463 e. The molecule has 0 bridgehead atoms. The number of hydrogen-bond acceptors (Lipinski definition) is 3. The first-order valence-electron chi connectivity index (χ1n) is 5.71. The smallest absolute Gasteiger partial charge is 0.334 e. The van der Waals surface area contributed by atoms with Gasteiger partial charge in [-0.3, -0.25) is 0 Å². The van der Waals surface area contributed by atoms with Gasteiger partial charge < -0.3 is 4.74 Å². The minimum Gasteiger partial charge on any atom is -0.463 e. The van der Waals surface area contributed by atoms with Gasteiger partial charge in [-0.1, -0.05) is 13.8 Å². The third-order valence-electron chi connectivity index (χ3n) is 2.32. The molecule has 0 saturated heterocycles. The van der Waals surface area contributed by atoms with Crippen LogP contribution in [0.5, 0.6) is 0 Å². The van der Waals surface area contributed by atoms with Gasteiger partial charge in [-0.2, -0.15) is 0 Å². The summed E-state index contributed by atoms with van der Waals surface area (Å²) in [7, 11) is 0. The van der Waals surface area contributed by atoms with E-state index in [1.54, 1.807) is 0 Å². The number of carbonyl (C=O) groups excluding carboxylic acids is 1. The van der Waals surface area contributed by atoms with Gasteiger partial charge in [0, 0.05) is 10.8 Å². The molecule has 86 valence electrons. The summed E-state index contributed by atoms with van der Waals surface area (Å²) in [6.45, 7) is 6.66. The van der Waals surface area contributed by atoms with Crippen LogP contribution >= 0.6 is 11.8 Å². The lowest BCUT2D eigenvalue weighted by molar-refractivity contribution is -0.138. The van der Waals surface area contributed by atoms with Crippen molar-refractivity contribution < 1.29 is 9.53 Å². The molecule has 0 fully saturated rings. The third kappa shape index (κ3) is 3.90. The number of hydrogen-bond donors (Lipinski definition) is 0. The number of thioether (sulfide) groups is 1. The zero-order chi connectivity index (χ0) is 11.3. The van der Waals surface area contributed by atoms with E-state index >= 15 is 0 Å². The Kier molecular flexibility index (Phi) is 5.23. The van der Waals surface area contributed by atoms with Crippen molar-refractivity contribution in [1.82, 2.24) is 0 Å². The molecule has 0 atom stereocenters. The lowest BCUT2D eigenvalue weighted by Gasteiger charge is -2.19. The predicted octanol–water partition coefficient (Wildman–Crippen LogP) is 3.52. The van der Waals surface area contributed by atoms with Crippen LogP contribution in [0.1, 0.15) is 46.5 Å². The molecule has 1 aliphatic rings. The Morgan fingerprint density at radius 1 is 1.40 bits per heavy atom. The molecule has 0 N–H and O–H groups in total. The van der Waals surface area contributed by atoms with E-state index in [4.69, 9.17) is 4.74 Å². The number of esters is 1. The molecule has 0 aliphatic heterocycles. The molecule has 0 radical (unpaired) electrons. The molecule has 0 aromatic rings. The van der Waals surface area contributed by atoms with Crippen molar-refractivity contribution in [3.63, 3.8) is 0 Å². The summed E-state index contributed by atoms with van der Waals surface area (Å²) in [6, 6.07) is 0. The van der Waals surface area contributed by atoms with Gasteiger partial charge in [0.1, 0.15) is 0 Å². The summed E-state index contributed by atoms with van der Waals surface area (Å²) < 4.78 is 5.08. The van der Waals surface area contributed by atoms with Crippen LogP contribution < -0.4 is 0 Å². The van der Waals surface area contributed by atoms with Gasteiger partial charge in [0.25, 0.3) is 0 Å². The topological polar surface area (TPSA) is 26.3 Å². The number of allylic oxidation sites excluding steroid dienone is 1. The van der Waals surface area contributed by atoms with Gasteiger partial charge >= 0.3 is 5.97 Å². The number of carbonyl (C=O) groups is 1. The first-order chi connectivity index (χ1) is 7.15. The first-order valence-corrected chi connectivity index (χ1v) is 6.59. The molecule has 2 nitrogen and oxygen atoms in total. The molecule has 15 heavy (non-hydrogen) atoms. The minimum atomic E-state index is -0.0969. The van der Waals surface area contributed by atoms with Crippen molar-refractivity contribution in [2.24, 2.45) is 0 Å². The van der Waals surface area contributed by atoms with Crippen LogP contribution in [0.4, 0.5) is 0 Å². The number of ether oxygens (including phenoxy) is 1. The molecular weight excluding hydrogens is 208 g/mol. The highest BCUT2D eigenvalue weighted by atomic mass is 32.2. The van der Waals surface area contributed by atoms with E-state index in [0.29, 0.717) is 11.9 Å². The van der Waals surface area contributed by atoms with Crippen molar-refractivity contribution in [2.45, 2.75) is 51.7 Å². The lowest BCUT2D eigenvalue weighted by Crippen LogP contribution is -2.13. The van der Waals surface area contributed by atoms with Gasteiger partial charge in [0.15, 0.2) is 0 Å². The van der Waals surface area contributed by atoms with Crippen molar-refractivity contribution in [2.75, 3.05) is 6.61 Å². The van der Waals surface area contributed by atoms with Crippen molar-refractivity contribution in [1.29, 1.82) is 0 Å². The van der Waals surface area contributed by atoms with E-state index in [0.717, 1.165) is 24.8 Å². The van der Waals surface area contributed by atoms with Crippen LogP contribution in [0.25, 0.3) is 0 Å². The molecule has 1 rings (SSSR count). The summed E-state index contributed by atoms with van der Waals surface area (Å²) in [5.74, 6) is -0.0969. The normalized spacial score (nSPS) is 17.1. The zero-order valence-electron chi connectivity index (χ0n) is 9.84. The van der Waals surface area contributed by atoms with Crippen LogP contribution in [0.15, 0.2) is 10.5 Å². The molecule has 0 aromatic carbocycles. The number of rotatable bonds is 4. The highest BCUT2D eigenvalue weighted by Gasteiger charge is 2.20. The monoisotopic (exact) mass is 228 g/mol. The van der Waals surface area contributed by atoms with E-state index < -0.39 is 0 Å². The summed E-state index contributed by atoms with van der Waals surface area (Å²) in [4.78, 5) is 13.0. The fraction of sp³-hybridized carbons (Fsp3) is 0.750. The van der Waals surface area contributed by atoms with Crippen molar-refractivity contribution in [3.8, 4) is 0 Å². The standard InChI is InChI=1S/C12H20O2S/c1-4-14-12(13)10-7-5-6-8-11(10)15-9(2)3/h9H,4-8H2,1-3H3. The fourth-order valence-corrected chi connectivity index (χ4v) is 2.89. The van der Waals surface area contributed by atoms with Crippen molar-refractivity contribution >= 4 is 17.7 Å². The molecular formula is C12H20O2S. The van der Waals surface area contributed by atoms with Gasteiger partial charge in [-0.05, 0) is 37.5 Å².